The minimum absolute atomic E-state index is 0.00398. The molecular formula is C22H20Cl2N2O5S. The number of rotatable bonds is 8. The van der Waals surface area contributed by atoms with Crippen LogP contribution in [0.1, 0.15) is 0 Å². The number of nitrogens with zero attached hydrogens (tertiary/aromatic N) is 1. The Bertz CT molecular complexity index is 1200. The quantitative estimate of drug-likeness (QED) is 0.483. The Morgan fingerprint density at radius 3 is 2.16 bits per heavy atom. The van der Waals surface area contributed by atoms with Crippen LogP contribution in [0.2, 0.25) is 10.0 Å². The SMILES string of the molecule is COc1cc(NC(=O)CN(c2ccccc2)S(=O)(=O)c2ccc(Cl)cc2)c(OC)cc1Cl. The fraction of sp³-hybridized carbons (Fsp3) is 0.136. The van der Waals surface area contributed by atoms with E-state index in [-0.39, 0.29) is 10.6 Å². The van der Waals surface area contributed by atoms with Crippen LogP contribution in [0.15, 0.2) is 71.6 Å². The Labute approximate surface area is 196 Å². The van der Waals surface area contributed by atoms with Crippen molar-refractivity contribution < 1.29 is 22.7 Å². The van der Waals surface area contributed by atoms with Gasteiger partial charge >= 0.3 is 0 Å². The van der Waals surface area contributed by atoms with Crippen LogP contribution in [-0.2, 0) is 14.8 Å². The predicted molar refractivity (Wildman–Crippen MR) is 126 cm³/mol. The van der Waals surface area contributed by atoms with Gasteiger partial charge < -0.3 is 14.8 Å². The standard InChI is InChI=1S/C22H20Cl2N2O5S/c1-30-20-13-19(21(31-2)12-18(20)24)25-22(27)14-26(16-6-4-3-5-7-16)32(28,29)17-10-8-15(23)9-11-17/h3-13H,14H2,1-2H3,(H,25,27). The first kappa shape index (κ1) is 23.7. The second-order valence-electron chi connectivity index (χ2n) is 6.54. The summed E-state index contributed by atoms with van der Waals surface area (Å²) in [6, 6.07) is 17.0. The summed E-state index contributed by atoms with van der Waals surface area (Å²) in [6.45, 7) is -0.483. The summed E-state index contributed by atoms with van der Waals surface area (Å²) in [4.78, 5) is 12.9. The lowest BCUT2D eigenvalue weighted by atomic mass is 10.2. The van der Waals surface area contributed by atoms with Gasteiger partial charge in [-0.3, -0.25) is 9.10 Å². The summed E-state index contributed by atoms with van der Waals surface area (Å²) < 4.78 is 38.1. The van der Waals surface area contributed by atoms with Gasteiger partial charge in [0.05, 0.1) is 35.5 Å². The highest BCUT2D eigenvalue weighted by Crippen LogP contribution is 2.36. The average molecular weight is 495 g/mol. The van der Waals surface area contributed by atoms with Crippen LogP contribution in [0.5, 0.6) is 11.5 Å². The van der Waals surface area contributed by atoms with Crippen molar-refractivity contribution in [2.24, 2.45) is 0 Å². The van der Waals surface area contributed by atoms with Crippen molar-refractivity contribution in [3.05, 3.63) is 76.8 Å². The first-order valence-electron chi connectivity index (χ1n) is 9.31. The molecule has 0 aliphatic carbocycles. The number of sulfonamides is 1. The van der Waals surface area contributed by atoms with Crippen molar-refractivity contribution >= 4 is 50.5 Å². The number of nitrogens with one attached hydrogen (secondary N) is 1. The highest BCUT2D eigenvalue weighted by molar-refractivity contribution is 7.92. The Morgan fingerprint density at radius 2 is 1.56 bits per heavy atom. The van der Waals surface area contributed by atoms with E-state index in [0.717, 1.165) is 4.31 Å². The van der Waals surface area contributed by atoms with Gasteiger partial charge in [0.15, 0.2) is 0 Å². The molecule has 0 unspecified atom stereocenters. The molecule has 0 aromatic heterocycles. The van der Waals surface area contributed by atoms with Crippen LogP contribution in [0.4, 0.5) is 11.4 Å². The number of hydrogen-bond acceptors (Lipinski definition) is 5. The minimum atomic E-state index is -4.06. The van der Waals surface area contributed by atoms with Crippen LogP contribution in [0.3, 0.4) is 0 Å². The molecule has 3 rings (SSSR count). The molecule has 1 N–H and O–H groups in total. The first-order chi connectivity index (χ1) is 15.3. The molecule has 0 bridgehead atoms. The molecule has 0 fully saturated rings. The maximum Gasteiger partial charge on any atom is 0.264 e. The summed E-state index contributed by atoms with van der Waals surface area (Å²) >= 11 is 12.0. The van der Waals surface area contributed by atoms with Crippen LogP contribution in [0, 0.1) is 0 Å². The maximum atomic E-state index is 13.3. The first-order valence-corrected chi connectivity index (χ1v) is 11.5. The number of carbonyl (C=O) groups is 1. The zero-order valence-corrected chi connectivity index (χ0v) is 19.5. The Hall–Kier alpha value is -2.94. The van der Waals surface area contributed by atoms with Crippen LogP contribution < -0.4 is 19.1 Å². The van der Waals surface area contributed by atoms with Crippen LogP contribution in [0.25, 0.3) is 0 Å². The number of para-hydroxylation sites is 1. The molecule has 0 radical (unpaired) electrons. The Morgan fingerprint density at radius 1 is 0.938 bits per heavy atom. The van der Waals surface area contributed by atoms with Crippen molar-refractivity contribution in [3.63, 3.8) is 0 Å². The van der Waals surface area contributed by atoms with E-state index in [1.165, 1.54) is 50.6 Å². The molecular weight excluding hydrogens is 475 g/mol. The second-order valence-corrected chi connectivity index (χ2v) is 9.24. The molecule has 0 spiro atoms. The molecule has 0 saturated heterocycles. The van der Waals surface area contributed by atoms with E-state index in [9.17, 15) is 13.2 Å². The zero-order valence-electron chi connectivity index (χ0n) is 17.2. The number of anilines is 2. The average Bonchev–Trinajstić information content (AvgIpc) is 2.79. The van der Waals surface area contributed by atoms with Crippen molar-refractivity contribution in [1.82, 2.24) is 0 Å². The highest BCUT2D eigenvalue weighted by Gasteiger charge is 2.27. The number of benzene rings is 3. The lowest BCUT2D eigenvalue weighted by Crippen LogP contribution is -2.38. The number of hydrogen-bond donors (Lipinski definition) is 1. The molecule has 0 saturated carbocycles. The molecule has 1 amide bonds. The van der Waals surface area contributed by atoms with E-state index in [2.05, 4.69) is 5.32 Å². The fourth-order valence-corrected chi connectivity index (χ4v) is 4.70. The van der Waals surface area contributed by atoms with Gasteiger partial charge in [-0.1, -0.05) is 41.4 Å². The molecule has 168 valence electrons. The van der Waals surface area contributed by atoms with Gasteiger partial charge in [0.1, 0.15) is 18.0 Å². The normalized spacial score (nSPS) is 11.0. The number of methoxy groups -OCH3 is 2. The highest BCUT2D eigenvalue weighted by atomic mass is 35.5. The molecule has 3 aromatic carbocycles. The topological polar surface area (TPSA) is 84.9 Å². The van der Waals surface area contributed by atoms with Gasteiger partial charge in [-0.05, 0) is 36.4 Å². The van der Waals surface area contributed by atoms with Crippen LogP contribution in [-0.4, -0.2) is 35.1 Å². The maximum absolute atomic E-state index is 13.3. The predicted octanol–water partition coefficient (Wildman–Crippen LogP) is 4.84. The van der Waals surface area contributed by atoms with Gasteiger partial charge in [0.25, 0.3) is 10.0 Å². The van der Waals surface area contributed by atoms with Crippen molar-refractivity contribution in [2.75, 3.05) is 30.4 Å². The van der Waals surface area contributed by atoms with Crippen molar-refractivity contribution in [1.29, 1.82) is 0 Å². The molecule has 32 heavy (non-hydrogen) atoms. The molecule has 0 heterocycles. The largest absolute Gasteiger partial charge is 0.495 e. The fourth-order valence-electron chi connectivity index (χ4n) is 2.92. The zero-order chi connectivity index (χ0) is 23.3. The van der Waals surface area contributed by atoms with E-state index in [1.54, 1.807) is 30.3 Å². The molecule has 3 aromatic rings. The van der Waals surface area contributed by atoms with Crippen molar-refractivity contribution in [3.8, 4) is 11.5 Å². The lowest BCUT2D eigenvalue weighted by Gasteiger charge is -2.24. The summed E-state index contributed by atoms with van der Waals surface area (Å²) in [5, 5.41) is 3.37. The smallest absolute Gasteiger partial charge is 0.264 e. The van der Waals surface area contributed by atoms with Gasteiger partial charge in [0.2, 0.25) is 5.91 Å². The number of amides is 1. The van der Waals surface area contributed by atoms with E-state index >= 15 is 0 Å². The van der Waals surface area contributed by atoms with E-state index < -0.39 is 22.5 Å². The summed E-state index contributed by atoms with van der Waals surface area (Å²) in [7, 11) is -1.19. The van der Waals surface area contributed by atoms with Gasteiger partial charge in [-0.25, -0.2) is 8.42 Å². The molecule has 0 aliphatic rings. The third-order valence-corrected chi connectivity index (χ3v) is 6.82. The van der Waals surface area contributed by atoms with Crippen molar-refractivity contribution in [2.45, 2.75) is 4.90 Å². The summed E-state index contributed by atoms with van der Waals surface area (Å²) in [5.74, 6) is 0.0431. The Kier molecular flexibility index (Phi) is 7.50. The molecule has 0 atom stereocenters. The summed E-state index contributed by atoms with van der Waals surface area (Å²) in [5.41, 5.74) is 0.619. The summed E-state index contributed by atoms with van der Waals surface area (Å²) in [6.07, 6.45) is 0. The van der Waals surface area contributed by atoms with Gasteiger partial charge in [0, 0.05) is 17.2 Å². The number of halogens is 2. The molecule has 0 aliphatic heterocycles. The van der Waals surface area contributed by atoms with Gasteiger partial charge in [-0.15, -0.1) is 0 Å². The van der Waals surface area contributed by atoms with E-state index in [0.29, 0.717) is 27.2 Å². The molecule has 10 heteroatoms. The minimum Gasteiger partial charge on any atom is -0.495 e. The number of ether oxygens (including phenoxy) is 2. The molecule has 7 nitrogen and oxygen atoms in total. The second kappa shape index (κ2) is 10.1. The van der Waals surface area contributed by atoms with Gasteiger partial charge in [-0.2, -0.15) is 0 Å². The van der Waals surface area contributed by atoms with E-state index in [1.807, 2.05) is 0 Å². The third-order valence-electron chi connectivity index (χ3n) is 4.48. The Balaban J connectivity index is 1.94. The monoisotopic (exact) mass is 494 g/mol. The lowest BCUT2D eigenvalue weighted by molar-refractivity contribution is -0.114. The van der Waals surface area contributed by atoms with Crippen LogP contribution >= 0.6 is 23.2 Å². The third kappa shape index (κ3) is 5.27. The van der Waals surface area contributed by atoms with E-state index in [4.69, 9.17) is 32.7 Å². The number of carbonyl (C=O) groups excluding carboxylic acids is 1.